The van der Waals surface area contributed by atoms with Gasteiger partial charge in [0, 0.05) is 32.1 Å². The van der Waals surface area contributed by atoms with Crippen LogP contribution in [0.4, 0.5) is 0 Å². The van der Waals surface area contributed by atoms with Crippen molar-refractivity contribution in [2.24, 2.45) is 0 Å². The fraction of sp³-hybridized carbons (Fsp3) is 1.00. The van der Waals surface area contributed by atoms with Crippen LogP contribution in [0.3, 0.4) is 0 Å². The van der Waals surface area contributed by atoms with Gasteiger partial charge in [-0.15, -0.1) is 0 Å². The minimum absolute atomic E-state index is 0.806. The summed E-state index contributed by atoms with van der Waals surface area (Å²) < 4.78 is 26.1. The molecule has 6 heteroatoms. The van der Waals surface area contributed by atoms with Crippen molar-refractivity contribution >= 4 is 17.1 Å². The molecule has 0 fully saturated rings. The Bertz CT molecular complexity index is 279. The molecule has 0 saturated carbocycles. The van der Waals surface area contributed by atoms with Crippen molar-refractivity contribution in [2.75, 3.05) is 26.4 Å². The Kier molecular flexibility index (Phi) is 17.3. The third kappa shape index (κ3) is 11.8. The molecule has 164 valence electrons. The van der Waals surface area contributed by atoms with E-state index in [0.717, 1.165) is 95.5 Å². The van der Waals surface area contributed by atoms with Crippen LogP contribution < -0.4 is 0 Å². The third-order valence-electron chi connectivity index (χ3n) is 5.07. The van der Waals surface area contributed by atoms with Gasteiger partial charge in [0.25, 0.3) is 0 Å². The van der Waals surface area contributed by atoms with E-state index in [1.165, 1.54) is 0 Å². The van der Waals surface area contributed by atoms with E-state index in [1.54, 1.807) is 0 Å². The summed E-state index contributed by atoms with van der Waals surface area (Å²) in [5.74, 6) is 0. The molecule has 0 aliphatic carbocycles. The summed E-state index contributed by atoms with van der Waals surface area (Å²) in [5, 5.41) is 0. The fourth-order valence-corrected chi connectivity index (χ4v) is 12.9. The molecule has 0 aromatic rings. The summed E-state index contributed by atoms with van der Waals surface area (Å²) in [5.41, 5.74) is 0.911. The maximum atomic E-state index is 6.53. The van der Waals surface area contributed by atoms with Gasteiger partial charge in [0.1, 0.15) is 0 Å². The van der Waals surface area contributed by atoms with Crippen molar-refractivity contribution in [1.82, 2.24) is 0 Å². The van der Waals surface area contributed by atoms with Crippen LogP contribution in [-0.4, -0.2) is 43.5 Å². The molecule has 0 aliphatic rings. The molecule has 0 aromatic carbocycles. The van der Waals surface area contributed by atoms with E-state index in [2.05, 4.69) is 41.5 Å². The summed E-state index contributed by atoms with van der Waals surface area (Å²) in [4.78, 5) is 0. The van der Waals surface area contributed by atoms with Crippen molar-refractivity contribution in [2.45, 2.75) is 111 Å². The molecule has 0 radical (unpaired) electrons. The molecule has 0 unspecified atom stereocenters. The van der Waals surface area contributed by atoms with Crippen molar-refractivity contribution in [3.63, 3.8) is 0 Å². The number of rotatable bonds is 20. The van der Waals surface area contributed by atoms with Gasteiger partial charge in [0.05, 0.1) is 0 Å². The Labute approximate surface area is 172 Å². The molecule has 0 bridgehead atoms. The summed E-state index contributed by atoms with van der Waals surface area (Å²) in [6.07, 6.45) is 9.00. The summed E-state index contributed by atoms with van der Waals surface area (Å²) >= 11 is 0. The van der Waals surface area contributed by atoms with Gasteiger partial charge in [-0.25, -0.2) is 0 Å². The maximum absolute atomic E-state index is 6.53. The second-order valence-electron chi connectivity index (χ2n) is 7.51. The largest absolute Gasteiger partial charge is 0.394 e. The normalized spacial score (nSPS) is 12.7. The van der Waals surface area contributed by atoms with Gasteiger partial charge in [-0.05, 0) is 37.8 Å². The van der Waals surface area contributed by atoms with Crippen LogP contribution in [0, 0.1) is 0 Å². The highest BCUT2D eigenvalue weighted by atomic mass is 28.4. The SMILES string of the molecule is CCCCO[Si](CC)(C[Si](CC)(OCCCC)OCCCC)OCCCC. The van der Waals surface area contributed by atoms with E-state index in [-0.39, 0.29) is 0 Å². The lowest BCUT2D eigenvalue weighted by Crippen LogP contribution is -2.55. The maximum Gasteiger partial charge on any atom is 0.339 e. The van der Waals surface area contributed by atoms with Crippen molar-refractivity contribution in [1.29, 1.82) is 0 Å². The standard InChI is InChI=1S/C21H48O4Si2/c1-7-13-17-22-26(11-5,23-18-14-8-2)21-27(12-6,24-19-15-9-3)25-20-16-10-4/h7-21H2,1-6H3. The van der Waals surface area contributed by atoms with Gasteiger partial charge in [0.2, 0.25) is 0 Å². The molecule has 4 nitrogen and oxygen atoms in total. The average Bonchev–Trinajstić information content (AvgIpc) is 2.68. The molecule has 0 atom stereocenters. The zero-order valence-corrected chi connectivity index (χ0v) is 21.2. The van der Waals surface area contributed by atoms with Gasteiger partial charge in [-0.2, -0.15) is 0 Å². The van der Waals surface area contributed by atoms with Gasteiger partial charge < -0.3 is 17.7 Å². The minimum Gasteiger partial charge on any atom is -0.394 e. The first-order valence-electron chi connectivity index (χ1n) is 11.6. The van der Waals surface area contributed by atoms with Crippen LogP contribution in [0.25, 0.3) is 0 Å². The topological polar surface area (TPSA) is 36.9 Å². The van der Waals surface area contributed by atoms with Gasteiger partial charge in [0.15, 0.2) is 0 Å². The highest BCUT2D eigenvalue weighted by Crippen LogP contribution is 2.31. The Morgan fingerprint density at radius 2 is 0.704 bits per heavy atom. The van der Waals surface area contributed by atoms with Crippen molar-refractivity contribution < 1.29 is 17.7 Å². The molecule has 0 rings (SSSR count). The molecule has 0 spiro atoms. The molecular formula is C21H48O4Si2. The lowest BCUT2D eigenvalue weighted by molar-refractivity contribution is 0.144. The highest BCUT2D eigenvalue weighted by Gasteiger charge is 2.49. The minimum atomic E-state index is -2.31. The lowest BCUT2D eigenvalue weighted by Gasteiger charge is -2.38. The Balaban J connectivity index is 5.33. The third-order valence-corrected chi connectivity index (χ3v) is 14.5. The molecule has 0 N–H and O–H groups in total. The van der Waals surface area contributed by atoms with E-state index in [9.17, 15) is 0 Å². The summed E-state index contributed by atoms with van der Waals surface area (Å²) in [6.45, 7) is 16.5. The Hall–Kier alpha value is 0.274. The molecule has 0 amide bonds. The number of unbranched alkanes of at least 4 members (excludes halogenated alkanes) is 4. The van der Waals surface area contributed by atoms with E-state index < -0.39 is 17.1 Å². The van der Waals surface area contributed by atoms with Crippen molar-refractivity contribution in [3.05, 3.63) is 0 Å². The van der Waals surface area contributed by atoms with E-state index in [0.29, 0.717) is 0 Å². The van der Waals surface area contributed by atoms with Crippen LogP contribution in [0.5, 0.6) is 0 Å². The Morgan fingerprint density at radius 1 is 0.444 bits per heavy atom. The second-order valence-corrected chi connectivity index (χ2v) is 15.1. The van der Waals surface area contributed by atoms with Gasteiger partial charge >= 0.3 is 17.1 Å². The first-order chi connectivity index (χ1) is 13.1. The number of hydrogen-bond acceptors (Lipinski definition) is 4. The van der Waals surface area contributed by atoms with Crippen molar-refractivity contribution in [3.8, 4) is 0 Å². The smallest absolute Gasteiger partial charge is 0.339 e. The first kappa shape index (κ1) is 27.3. The predicted octanol–water partition coefficient (Wildman–Crippen LogP) is 6.72. The van der Waals surface area contributed by atoms with Gasteiger partial charge in [-0.3, -0.25) is 0 Å². The monoisotopic (exact) mass is 420 g/mol. The fourth-order valence-electron chi connectivity index (χ4n) is 2.97. The summed E-state index contributed by atoms with van der Waals surface area (Å²) in [6, 6.07) is 1.95. The first-order valence-corrected chi connectivity index (χ1v) is 16.1. The van der Waals surface area contributed by atoms with Crippen LogP contribution >= 0.6 is 0 Å². The lowest BCUT2D eigenvalue weighted by atomic mass is 10.4. The second kappa shape index (κ2) is 17.2. The quantitative estimate of drug-likeness (QED) is 0.162. The molecule has 0 aliphatic heterocycles. The molecule has 0 aromatic heterocycles. The van der Waals surface area contributed by atoms with Gasteiger partial charge in [-0.1, -0.05) is 67.2 Å². The summed E-state index contributed by atoms with van der Waals surface area (Å²) in [7, 11) is -4.62. The zero-order chi connectivity index (χ0) is 20.4. The average molecular weight is 421 g/mol. The van der Waals surface area contributed by atoms with Crippen LogP contribution in [0.1, 0.15) is 92.9 Å². The zero-order valence-electron chi connectivity index (χ0n) is 19.2. The molecule has 0 saturated heterocycles. The van der Waals surface area contributed by atoms with Crippen LogP contribution in [0.15, 0.2) is 0 Å². The predicted molar refractivity (Wildman–Crippen MR) is 121 cm³/mol. The number of hydrogen-bond donors (Lipinski definition) is 0. The van der Waals surface area contributed by atoms with E-state index >= 15 is 0 Å². The molecule has 27 heavy (non-hydrogen) atoms. The van der Waals surface area contributed by atoms with E-state index in [1.807, 2.05) is 0 Å². The van der Waals surface area contributed by atoms with Crippen LogP contribution in [0.2, 0.25) is 17.8 Å². The highest BCUT2D eigenvalue weighted by molar-refractivity contribution is 6.86. The Morgan fingerprint density at radius 3 is 0.889 bits per heavy atom. The van der Waals surface area contributed by atoms with Crippen LogP contribution in [-0.2, 0) is 17.7 Å². The molecular weight excluding hydrogens is 372 g/mol. The van der Waals surface area contributed by atoms with E-state index in [4.69, 9.17) is 17.7 Å². The molecule has 0 heterocycles.